The van der Waals surface area contributed by atoms with Gasteiger partial charge in [-0.2, -0.15) is 0 Å². The average molecular weight is 293 g/mol. The van der Waals surface area contributed by atoms with E-state index in [4.69, 9.17) is 9.47 Å². The van der Waals surface area contributed by atoms with Gasteiger partial charge in [-0.05, 0) is 25.5 Å². The number of benzene rings is 1. The van der Waals surface area contributed by atoms with Gasteiger partial charge in [-0.25, -0.2) is 4.99 Å². The van der Waals surface area contributed by atoms with E-state index in [0.29, 0.717) is 19.8 Å². The summed E-state index contributed by atoms with van der Waals surface area (Å²) in [5.74, 6) is 1.76. The highest BCUT2D eigenvalue weighted by Crippen LogP contribution is 2.21. The molecule has 21 heavy (non-hydrogen) atoms. The lowest BCUT2D eigenvalue weighted by molar-refractivity contribution is 0.145. The fraction of sp³-hybridized carbons (Fsp3) is 0.562. The molecular formula is C16H27N3O2. The van der Waals surface area contributed by atoms with Crippen LogP contribution in [0.25, 0.3) is 0 Å². The summed E-state index contributed by atoms with van der Waals surface area (Å²) < 4.78 is 10.8. The third kappa shape index (κ3) is 6.04. The zero-order valence-electron chi connectivity index (χ0n) is 13.8. The van der Waals surface area contributed by atoms with Gasteiger partial charge in [-0.1, -0.05) is 12.1 Å². The van der Waals surface area contributed by atoms with Crippen LogP contribution in [-0.2, 0) is 11.3 Å². The minimum Gasteiger partial charge on any atom is -0.491 e. The Balaban J connectivity index is 2.83. The number of guanidine groups is 1. The molecule has 0 aliphatic carbocycles. The molecule has 1 aromatic carbocycles. The number of aryl methyl sites for hydroxylation is 1. The first-order valence-corrected chi connectivity index (χ1v) is 7.25. The number of nitrogens with one attached hydrogen (secondary N) is 1. The van der Waals surface area contributed by atoms with Crippen molar-refractivity contribution in [2.24, 2.45) is 4.99 Å². The van der Waals surface area contributed by atoms with Crippen molar-refractivity contribution in [3.05, 3.63) is 29.3 Å². The van der Waals surface area contributed by atoms with Crippen LogP contribution in [0.15, 0.2) is 23.2 Å². The minimum absolute atomic E-state index is 0.546. The van der Waals surface area contributed by atoms with E-state index >= 15 is 0 Å². The van der Waals surface area contributed by atoms with Crippen LogP contribution in [0.1, 0.15) is 18.1 Å². The summed E-state index contributed by atoms with van der Waals surface area (Å²) in [6.45, 7) is 6.68. The third-order valence-electron chi connectivity index (χ3n) is 2.93. The monoisotopic (exact) mass is 293 g/mol. The van der Waals surface area contributed by atoms with Crippen LogP contribution in [-0.4, -0.2) is 51.8 Å². The van der Waals surface area contributed by atoms with Gasteiger partial charge in [-0.3, -0.25) is 0 Å². The molecule has 0 saturated carbocycles. The molecule has 118 valence electrons. The Hall–Kier alpha value is -1.75. The summed E-state index contributed by atoms with van der Waals surface area (Å²) in [5, 5.41) is 3.25. The maximum absolute atomic E-state index is 5.78. The van der Waals surface area contributed by atoms with E-state index in [1.165, 1.54) is 5.56 Å². The molecule has 0 bridgehead atoms. The summed E-state index contributed by atoms with van der Waals surface area (Å²) >= 11 is 0. The Morgan fingerprint density at radius 3 is 2.67 bits per heavy atom. The van der Waals surface area contributed by atoms with Crippen molar-refractivity contribution in [3.63, 3.8) is 0 Å². The van der Waals surface area contributed by atoms with Gasteiger partial charge < -0.3 is 19.7 Å². The van der Waals surface area contributed by atoms with Crippen molar-refractivity contribution in [2.45, 2.75) is 20.4 Å². The van der Waals surface area contributed by atoms with Crippen molar-refractivity contribution in [1.29, 1.82) is 0 Å². The largest absolute Gasteiger partial charge is 0.491 e. The quantitative estimate of drug-likeness (QED) is 0.475. The molecule has 0 aromatic heterocycles. The number of nitrogens with zero attached hydrogens (tertiary/aromatic N) is 2. The molecule has 0 amide bonds. The summed E-state index contributed by atoms with van der Waals surface area (Å²) in [5.41, 5.74) is 2.25. The summed E-state index contributed by atoms with van der Waals surface area (Å²) in [6, 6.07) is 6.19. The number of methoxy groups -OCH3 is 1. The van der Waals surface area contributed by atoms with Crippen LogP contribution < -0.4 is 10.1 Å². The second kappa shape index (κ2) is 9.23. The normalized spacial score (nSPS) is 11.4. The van der Waals surface area contributed by atoms with E-state index in [9.17, 15) is 0 Å². The first-order chi connectivity index (χ1) is 10.1. The van der Waals surface area contributed by atoms with Crippen LogP contribution in [0.4, 0.5) is 0 Å². The van der Waals surface area contributed by atoms with Gasteiger partial charge in [0, 0.05) is 33.3 Å². The molecule has 0 unspecified atom stereocenters. The predicted molar refractivity (Wildman–Crippen MR) is 87.1 cm³/mol. The van der Waals surface area contributed by atoms with E-state index in [-0.39, 0.29) is 0 Å². The number of ether oxygens (including phenoxy) is 2. The Morgan fingerprint density at radius 1 is 1.29 bits per heavy atom. The smallest absolute Gasteiger partial charge is 0.193 e. The van der Waals surface area contributed by atoms with Crippen LogP contribution in [0.3, 0.4) is 0 Å². The molecule has 0 heterocycles. The molecule has 0 saturated heterocycles. The lowest BCUT2D eigenvalue weighted by Crippen LogP contribution is -2.36. The van der Waals surface area contributed by atoms with Crippen LogP contribution in [0, 0.1) is 6.92 Å². The van der Waals surface area contributed by atoms with Gasteiger partial charge >= 0.3 is 0 Å². The van der Waals surface area contributed by atoms with E-state index in [1.54, 1.807) is 7.11 Å². The number of aliphatic imine (C=N–C) groups is 1. The Morgan fingerprint density at radius 2 is 2.05 bits per heavy atom. The highest BCUT2D eigenvalue weighted by molar-refractivity contribution is 5.79. The molecular weight excluding hydrogens is 266 g/mol. The van der Waals surface area contributed by atoms with Crippen molar-refractivity contribution < 1.29 is 9.47 Å². The zero-order chi connectivity index (χ0) is 15.7. The van der Waals surface area contributed by atoms with E-state index in [2.05, 4.69) is 36.3 Å². The van der Waals surface area contributed by atoms with Crippen LogP contribution in [0.5, 0.6) is 5.75 Å². The molecule has 1 aromatic rings. The van der Waals surface area contributed by atoms with Gasteiger partial charge in [-0.15, -0.1) is 0 Å². The van der Waals surface area contributed by atoms with E-state index < -0.39 is 0 Å². The van der Waals surface area contributed by atoms with Crippen LogP contribution in [0.2, 0.25) is 0 Å². The Labute approximate surface area is 128 Å². The van der Waals surface area contributed by atoms with Crippen LogP contribution >= 0.6 is 0 Å². The van der Waals surface area contributed by atoms with Crippen molar-refractivity contribution >= 4 is 5.96 Å². The highest BCUT2D eigenvalue weighted by atomic mass is 16.5. The third-order valence-corrected chi connectivity index (χ3v) is 2.93. The second-order valence-electron chi connectivity index (χ2n) is 5.02. The Bertz CT molecular complexity index is 459. The highest BCUT2D eigenvalue weighted by Gasteiger charge is 2.06. The standard InChI is InChI=1S/C16H27N3O2/c1-6-17-16(19(3)4)18-12-14-8-7-13(2)11-15(14)21-10-9-20-5/h7-8,11H,6,9-10,12H2,1-5H3,(H,17,18). The molecule has 1 N–H and O–H groups in total. The van der Waals surface area contributed by atoms with Crippen molar-refractivity contribution in [2.75, 3.05) is 41.0 Å². The molecule has 0 aliphatic heterocycles. The molecule has 0 spiro atoms. The fourth-order valence-corrected chi connectivity index (χ4v) is 1.84. The van der Waals surface area contributed by atoms with Gasteiger partial charge in [0.15, 0.2) is 5.96 Å². The minimum atomic E-state index is 0.546. The summed E-state index contributed by atoms with van der Waals surface area (Å²) in [6.07, 6.45) is 0. The van der Waals surface area contributed by atoms with Gasteiger partial charge in [0.05, 0.1) is 13.2 Å². The second-order valence-corrected chi connectivity index (χ2v) is 5.02. The zero-order valence-corrected chi connectivity index (χ0v) is 13.8. The molecule has 0 atom stereocenters. The predicted octanol–water partition coefficient (Wildman–Crippen LogP) is 2.05. The summed E-state index contributed by atoms with van der Waals surface area (Å²) in [7, 11) is 5.63. The van der Waals surface area contributed by atoms with Gasteiger partial charge in [0.25, 0.3) is 0 Å². The molecule has 0 aliphatic rings. The fourth-order valence-electron chi connectivity index (χ4n) is 1.84. The molecule has 5 heteroatoms. The topological polar surface area (TPSA) is 46.1 Å². The van der Waals surface area contributed by atoms with E-state index in [0.717, 1.165) is 23.8 Å². The summed E-state index contributed by atoms with van der Waals surface area (Å²) in [4.78, 5) is 6.60. The lowest BCUT2D eigenvalue weighted by Gasteiger charge is -2.17. The van der Waals surface area contributed by atoms with E-state index in [1.807, 2.05) is 25.1 Å². The SMILES string of the molecule is CCNC(=NCc1ccc(C)cc1OCCOC)N(C)C. The average Bonchev–Trinajstić information content (AvgIpc) is 2.45. The molecule has 1 rings (SSSR count). The van der Waals surface area contributed by atoms with Gasteiger partial charge in [0.1, 0.15) is 12.4 Å². The lowest BCUT2D eigenvalue weighted by atomic mass is 10.1. The molecule has 0 fully saturated rings. The first-order valence-electron chi connectivity index (χ1n) is 7.25. The maximum atomic E-state index is 5.78. The first kappa shape index (κ1) is 17.3. The molecule has 0 radical (unpaired) electrons. The Kier molecular flexibility index (Phi) is 7.61. The number of hydrogen-bond acceptors (Lipinski definition) is 3. The number of hydrogen-bond donors (Lipinski definition) is 1. The molecule has 5 nitrogen and oxygen atoms in total. The van der Waals surface area contributed by atoms with Gasteiger partial charge in [0.2, 0.25) is 0 Å². The maximum Gasteiger partial charge on any atom is 0.193 e. The van der Waals surface area contributed by atoms with Crippen molar-refractivity contribution in [1.82, 2.24) is 10.2 Å². The van der Waals surface area contributed by atoms with Crippen molar-refractivity contribution in [3.8, 4) is 5.75 Å². The number of rotatable bonds is 7.